The van der Waals surface area contributed by atoms with Gasteiger partial charge in [-0.2, -0.15) is 0 Å². The van der Waals surface area contributed by atoms with Crippen LogP contribution in [0, 0.1) is 6.92 Å². The maximum Gasteiger partial charge on any atom is 0.0346 e. The summed E-state index contributed by atoms with van der Waals surface area (Å²) in [7, 11) is 0. The summed E-state index contributed by atoms with van der Waals surface area (Å²) < 4.78 is 0. The predicted octanol–water partition coefficient (Wildman–Crippen LogP) is 2.81. The van der Waals surface area contributed by atoms with Gasteiger partial charge in [-0.25, -0.2) is 0 Å². The van der Waals surface area contributed by atoms with Crippen LogP contribution < -0.4 is 5.73 Å². The van der Waals surface area contributed by atoms with Gasteiger partial charge in [0.15, 0.2) is 0 Å². The molecule has 2 nitrogen and oxygen atoms in total. The van der Waals surface area contributed by atoms with Crippen molar-refractivity contribution >= 4 is 5.69 Å². The van der Waals surface area contributed by atoms with Crippen LogP contribution in [0.1, 0.15) is 31.9 Å². The highest BCUT2D eigenvalue weighted by molar-refractivity contribution is 5.48. The minimum absolute atomic E-state index is 0.581. The fourth-order valence-electron chi connectivity index (χ4n) is 1.68. The zero-order valence-electron chi connectivity index (χ0n) is 10.2. The lowest BCUT2D eigenvalue weighted by atomic mass is 10.1. The first-order valence-corrected chi connectivity index (χ1v) is 5.63. The molecule has 0 saturated heterocycles. The van der Waals surface area contributed by atoms with Gasteiger partial charge in [-0.05, 0) is 44.5 Å². The molecule has 0 aliphatic rings. The lowest BCUT2D eigenvalue weighted by Crippen LogP contribution is -2.29. The topological polar surface area (TPSA) is 29.3 Å². The van der Waals surface area contributed by atoms with Gasteiger partial charge in [0.05, 0.1) is 0 Å². The Balaban J connectivity index is 2.75. The van der Waals surface area contributed by atoms with E-state index in [4.69, 9.17) is 5.73 Å². The average Bonchev–Trinajstić information content (AvgIpc) is 2.19. The quantitative estimate of drug-likeness (QED) is 0.768. The second-order valence-corrected chi connectivity index (χ2v) is 4.35. The van der Waals surface area contributed by atoms with Crippen molar-refractivity contribution in [3.05, 3.63) is 29.3 Å². The van der Waals surface area contributed by atoms with Crippen molar-refractivity contribution in [1.82, 2.24) is 4.90 Å². The van der Waals surface area contributed by atoms with E-state index in [1.165, 1.54) is 5.56 Å². The Morgan fingerprint density at radius 2 is 2.00 bits per heavy atom. The zero-order chi connectivity index (χ0) is 11.4. The Bertz CT molecular complexity index is 318. The number of nitrogen functional groups attached to an aromatic ring is 1. The molecule has 0 unspecified atom stereocenters. The van der Waals surface area contributed by atoms with E-state index >= 15 is 0 Å². The molecule has 0 fully saturated rings. The van der Waals surface area contributed by atoms with Crippen LogP contribution in [0.2, 0.25) is 0 Å². The standard InChI is InChI=1S/C13H22N2/c1-5-15(10(2)3)9-12-7-6-11(4)13(14)8-12/h6-8,10H,5,9,14H2,1-4H3. The van der Waals surface area contributed by atoms with Gasteiger partial charge in [-0.3, -0.25) is 4.90 Å². The number of anilines is 1. The van der Waals surface area contributed by atoms with Crippen molar-refractivity contribution in [3.63, 3.8) is 0 Å². The molecule has 2 heteroatoms. The Morgan fingerprint density at radius 3 is 2.47 bits per heavy atom. The first-order chi connectivity index (χ1) is 7.04. The van der Waals surface area contributed by atoms with Gasteiger partial charge < -0.3 is 5.73 Å². The fourth-order valence-corrected chi connectivity index (χ4v) is 1.68. The van der Waals surface area contributed by atoms with Gasteiger partial charge in [-0.1, -0.05) is 19.1 Å². The summed E-state index contributed by atoms with van der Waals surface area (Å²) in [6, 6.07) is 6.92. The SMILES string of the molecule is CCN(Cc1ccc(C)c(N)c1)C(C)C. The molecule has 1 aromatic rings. The van der Waals surface area contributed by atoms with Crippen molar-refractivity contribution in [2.75, 3.05) is 12.3 Å². The summed E-state index contributed by atoms with van der Waals surface area (Å²) in [4.78, 5) is 2.42. The van der Waals surface area contributed by atoms with Crippen LogP contribution in [0.3, 0.4) is 0 Å². The summed E-state index contributed by atoms with van der Waals surface area (Å²) in [5.41, 5.74) is 9.25. The Kier molecular flexibility index (Phi) is 4.15. The normalized spacial score (nSPS) is 11.3. The monoisotopic (exact) mass is 206 g/mol. The van der Waals surface area contributed by atoms with Gasteiger partial charge in [0.2, 0.25) is 0 Å². The van der Waals surface area contributed by atoms with Crippen molar-refractivity contribution in [2.24, 2.45) is 0 Å². The minimum atomic E-state index is 0.581. The molecule has 0 aliphatic carbocycles. The minimum Gasteiger partial charge on any atom is -0.399 e. The lowest BCUT2D eigenvalue weighted by Gasteiger charge is -2.25. The molecular weight excluding hydrogens is 184 g/mol. The summed E-state index contributed by atoms with van der Waals surface area (Å²) in [6.07, 6.45) is 0. The molecule has 1 aromatic carbocycles. The molecule has 0 aliphatic heterocycles. The molecule has 0 heterocycles. The predicted molar refractivity (Wildman–Crippen MR) is 66.8 cm³/mol. The van der Waals surface area contributed by atoms with E-state index in [0.717, 1.165) is 24.3 Å². The number of aryl methyl sites for hydroxylation is 1. The lowest BCUT2D eigenvalue weighted by molar-refractivity contribution is 0.225. The van der Waals surface area contributed by atoms with Gasteiger partial charge in [0.1, 0.15) is 0 Å². The maximum atomic E-state index is 5.90. The average molecular weight is 206 g/mol. The Hall–Kier alpha value is -1.02. The number of hydrogen-bond donors (Lipinski definition) is 1. The molecule has 0 radical (unpaired) electrons. The van der Waals surface area contributed by atoms with Gasteiger partial charge >= 0.3 is 0 Å². The van der Waals surface area contributed by atoms with Crippen LogP contribution in [0.25, 0.3) is 0 Å². The molecule has 0 bridgehead atoms. The second kappa shape index (κ2) is 5.17. The smallest absolute Gasteiger partial charge is 0.0346 e. The first kappa shape index (κ1) is 12.1. The largest absolute Gasteiger partial charge is 0.399 e. The van der Waals surface area contributed by atoms with Crippen molar-refractivity contribution in [1.29, 1.82) is 0 Å². The van der Waals surface area contributed by atoms with E-state index in [1.54, 1.807) is 0 Å². The van der Waals surface area contributed by atoms with E-state index < -0.39 is 0 Å². The van der Waals surface area contributed by atoms with Gasteiger partial charge in [0, 0.05) is 18.3 Å². The highest BCUT2D eigenvalue weighted by atomic mass is 15.1. The summed E-state index contributed by atoms with van der Waals surface area (Å²) in [6.45, 7) is 10.7. The molecular formula is C13H22N2. The van der Waals surface area contributed by atoms with Crippen LogP contribution in [0.5, 0.6) is 0 Å². The van der Waals surface area contributed by atoms with Crippen molar-refractivity contribution < 1.29 is 0 Å². The van der Waals surface area contributed by atoms with Crippen molar-refractivity contribution in [3.8, 4) is 0 Å². The first-order valence-electron chi connectivity index (χ1n) is 5.63. The van der Waals surface area contributed by atoms with Gasteiger partial charge in [-0.15, -0.1) is 0 Å². The van der Waals surface area contributed by atoms with Gasteiger partial charge in [0.25, 0.3) is 0 Å². The molecule has 2 N–H and O–H groups in total. The Labute approximate surface area is 93.1 Å². The molecule has 0 spiro atoms. The number of nitrogens with zero attached hydrogens (tertiary/aromatic N) is 1. The maximum absolute atomic E-state index is 5.90. The molecule has 15 heavy (non-hydrogen) atoms. The second-order valence-electron chi connectivity index (χ2n) is 4.35. The van der Waals surface area contributed by atoms with E-state index in [1.807, 2.05) is 6.92 Å². The highest BCUT2D eigenvalue weighted by Gasteiger charge is 2.07. The molecule has 0 atom stereocenters. The van der Waals surface area contributed by atoms with E-state index in [-0.39, 0.29) is 0 Å². The molecule has 0 aromatic heterocycles. The highest BCUT2D eigenvalue weighted by Crippen LogP contribution is 2.15. The van der Waals surface area contributed by atoms with Crippen LogP contribution >= 0.6 is 0 Å². The number of rotatable bonds is 4. The van der Waals surface area contributed by atoms with Crippen LogP contribution in [-0.4, -0.2) is 17.5 Å². The van der Waals surface area contributed by atoms with E-state index in [2.05, 4.69) is 43.9 Å². The number of hydrogen-bond acceptors (Lipinski definition) is 2. The van der Waals surface area contributed by atoms with Crippen molar-refractivity contribution in [2.45, 2.75) is 40.3 Å². The summed E-state index contributed by atoms with van der Waals surface area (Å²) >= 11 is 0. The molecule has 1 rings (SSSR count). The number of nitrogens with two attached hydrogens (primary N) is 1. The third-order valence-electron chi connectivity index (χ3n) is 2.87. The molecule has 84 valence electrons. The van der Waals surface area contributed by atoms with E-state index in [0.29, 0.717) is 6.04 Å². The van der Waals surface area contributed by atoms with E-state index in [9.17, 15) is 0 Å². The molecule has 0 amide bonds. The third kappa shape index (κ3) is 3.24. The van der Waals surface area contributed by atoms with Crippen LogP contribution in [0.15, 0.2) is 18.2 Å². The van der Waals surface area contributed by atoms with Crippen LogP contribution in [-0.2, 0) is 6.54 Å². The Morgan fingerprint density at radius 1 is 1.33 bits per heavy atom. The third-order valence-corrected chi connectivity index (χ3v) is 2.87. The zero-order valence-corrected chi connectivity index (χ0v) is 10.2. The summed E-state index contributed by atoms with van der Waals surface area (Å²) in [5, 5.41) is 0. The molecule has 0 saturated carbocycles. The fraction of sp³-hybridized carbons (Fsp3) is 0.538. The van der Waals surface area contributed by atoms with Crippen LogP contribution in [0.4, 0.5) is 5.69 Å². The number of benzene rings is 1. The summed E-state index contributed by atoms with van der Waals surface area (Å²) in [5.74, 6) is 0.